The Hall–Kier alpha value is -4.46. The van der Waals surface area contributed by atoms with Crippen molar-refractivity contribution in [2.45, 2.75) is 13.2 Å². The third-order valence-corrected chi connectivity index (χ3v) is 4.94. The zero-order chi connectivity index (χ0) is 21.8. The van der Waals surface area contributed by atoms with Crippen LogP contribution >= 0.6 is 0 Å². The molecule has 5 aromatic rings. The van der Waals surface area contributed by atoms with Crippen molar-refractivity contribution in [3.8, 4) is 11.4 Å². The molecule has 158 valence electrons. The van der Waals surface area contributed by atoms with Crippen LogP contribution in [0, 0.1) is 0 Å². The number of nitrogens with zero attached hydrogens (tertiary/aromatic N) is 4. The Balaban J connectivity index is 1.28. The third kappa shape index (κ3) is 4.20. The number of aromatic nitrogens is 5. The summed E-state index contributed by atoms with van der Waals surface area (Å²) in [7, 11) is 0. The predicted octanol–water partition coefficient (Wildman–Crippen LogP) is 3.69. The van der Waals surface area contributed by atoms with E-state index in [1.54, 1.807) is 10.9 Å². The van der Waals surface area contributed by atoms with Gasteiger partial charge in [0.05, 0.1) is 17.6 Å². The van der Waals surface area contributed by atoms with Gasteiger partial charge in [0.15, 0.2) is 5.65 Å². The van der Waals surface area contributed by atoms with E-state index < -0.39 is 0 Å². The minimum Gasteiger partial charge on any atom is -0.487 e. The first-order valence-corrected chi connectivity index (χ1v) is 10.2. The van der Waals surface area contributed by atoms with E-state index in [0.717, 1.165) is 22.7 Å². The SMILES string of the molecule is O=c1[nH]c(NCc2ccc(OCc3ccccn3)cc2)nc2c1cnn2-c1ccccc1. The maximum Gasteiger partial charge on any atom is 0.263 e. The maximum atomic E-state index is 12.5. The summed E-state index contributed by atoms with van der Waals surface area (Å²) in [5.41, 5.74) is 3.00. The van der Waals surface area contributed by atoms with Crippen molar-refractivity contribution in [3.63, 3.8) is 0 Å². The fourth-order valence-electron chi connectivity index (χ4n) is 3.29. The number of rotatable bonds is 7. The Bertz CT molecular complexity index is 1380. The number of H-pyrrole nitrogens is 1. The van der Waals surface area contributed by atoms with Gasteiger partial charge in [0.1, 0.15) is 17.7 Å². The zero-order valence-electron chi connectivity index (χ0n) is 17.1. The third-order valence-electron chi connectivity index (χ3n) is 4.94. The molecule has 0 aliphatic heterocycles. The standard InChI is InChI=1S/C24H20N6O2/c31-23-21-15-27-30(19-7-2-1-3-8-19)22(21)28-24(29-23)26-14-17-9-11-20(12-10-17)32-16-18-6-4-5-13-25-18/h1-13,15H,14,16H2,(H2,26,28,29,31). The number of hydrogen-bond donors (Lipinski definition) is 2. The second-order valence-corrected chi connectivity index (χ2v) is 7.15. The van der Waals surface area contributed by atoms with Crippen LogP contribution in [0.2, 0.25) is 0 Å². The normalized spacial score (nSPS) is 10.9. The van der Waals surface area contributed by atoms with Gasteiger partial charge in [0.25, 0.3) is 5.56 Å². The minimum absolute atomic E-state index is 0.238. The van der Waals surface area contributed by atoms with Crippen LogP contribution in [-0.2, 0) is 13.2 Å². The van der Waals surface area contributed by atoms with Gasteiger partial charge in [-0.3, -0.25) is 14.8 Å². The van der Waals surface area contributed by atoms with Gasteiger partial charge in [-0.25, -0.2) is 4.68 Å². The first kappa shape index (κ1) is 19.5. The number of anilines is 1. The zero-order valence-corrected chi connectivity index (χ0v) is 17.1. The largest absolute Gasteiger partial charge is 0.487 e. The Kier molecular flexibility index (Phi) is 5.32. The number of fused-ring (bicyclic) bond motifs is 1. The first-order chi connectivity index (χ1) is 15.8. The van der Waals surface area contributed by atoms with Crippen molar-refractivity contribution in [3.05, 3.63) is 107 Å². The molecular weight excluding hydrogens is 404 g/mol. The number of ether oxygens (including phenoxy) is 1. The number of pyridine rings is 1. The summed E-state index contributed by atoms with van der Waals surface area (Å²) < 4.78 is 7.42. The van der Waals surface area contributed by atoms with Crippen LogP contribution in [0.5, 0.6) is 5.75 Å². The molecule has 32 heavy (non-hydrogen) atoms. The smallest absolute Gasteiger partial charge is 0.263 e. The van der Waals surface area contributed by atoms with Crippen LogP contribution in [0.15, 0.2) is 90.0 Å². The fraction of sp³-hybridized carbons (Fsp3) is 0.0833. The summed E-state index contributed by atoms with van der Waals surface area (Å²) in [5, 5.41) is 7.94. The van der Waals surface area contributed by atoms with Gasteiger partial charge in [0, 0.05) is 12.7 Å². The van der Waals surface area contributed by atoms with Gasteiger partial charge in [-0.2, -0.15) is 10.1 Å². The van der Waals surface area contributed by atoms with Crippen LogP contribution in [0.3, 0.4) is 0 Å². The lowest BCUT2D eigenvalue weighted by molar-refractivity contribution is 0.301. The van der Waals surface area contributed by atoms with E-state index in [0.29, 0.717) is 30.1 Å². The van der Waals surface area contributed by atoms with Crippen molar-refractivity contribution in [2.24, 2.45) is 0 Å². The summed E-state index contributed by atoms with van der Waals surface area (Å²) in [5.74, 6) is 1.15. The van der Waals surface area contributed by atoms with Crippen molar-refractivity contribution in [1.29, 1.82) is 0 Å². The van der Waals surface area contributed by atoms with E-state index in [9.17, 15) is 4.79 Å². The summed E-state index contributed by atoms with van der Waals surface area (Å²) in [6.45, 7) is 0.910. The number of aromatic amines is 1. The molecule has 0 saturated carbocycles. The lowest BCUT2D eigenvalue weighted by Crippen LogP contribution is -2.13. The highest BCUT2D eigenvalue weighted by Crippen LogP contribution is 2.16. The van der Waals surface area contributed by atoms with E-state index in [-0.39, 0.29) is 5.56 Å². The average Bonchev–Trinajstić information content (AvgIpc) is 3.28. The average molecular weight is 424 g/mol. The summed E-state index contributed by atoms with van der Waals surface area (Å²) in [6, 6.07) is 23.1. The number of benzene rings is 2. The molecule has 2 N–H and O–H groups in total. The molecule has 0 bridgehead atoms. The van der Waals surface area contributed by atoms with E-state index in [1.165, 1.54) is 6.20 Å². The van der Waals surface area contributed by atoms with Gasteiger partial charge >= 0.3 is 0 Å². The highest BCUT2D eigenvalue weighted by atomic mass is 16.5. The van der Waals surface area contributed by atoms with E-state index in [4.69, 9.17) is 4.74 Å². The molecule has 0 saturated heterocycles. The molecule has 3 heterocycles. The lowest BCUT2D eigenvalue weighted by atomic mass is 10.2. The van der Waals surface area contributed by atoms with Crippen LogP contribution in [0.25, 0.3) is 16.7 Å². The summed E-state index contributed by atoms with van der Waals surface area (Å²) in [4.78, 5) is 24.1. The first-order valence-electron chi connectivity index (χ1n) is 10.2. The second kappa shape index (κ2) is 8.73. The number of nitrogens with one attached hydrogen (secondary N) is 2. The van der Waals surface area contributed by atoms with Crippen molar-refractivity contribution >= 4 is 17.0 Å². The molecule has 0 aliphatic carbocycles. The Morgan fingerprint density at radius 1 is 0.969 bits per heavy atom. The Labute approximate surface area is 183 Å². The number of para-hydroxylation sites is 1. The molecule has 0 aliphatic rings. The van der Waals surface area contributed by atoms with Crippen molar-refractivity contribution in [1.82, 2.24) is 24.7 Å². The van der Waals surface area contributed by atoms with E-state index in [1.807, 2.05) is 72.8 Å². The predicted molar refractivity (Wildman–Crippen MR) is 122 cm³/mol. The fourth-order valence-corrected chi connectivity index (χ4v) is 3.29. The monoisotopic (exact) mass is 424 g/mol. The van der Waals surface area contributed by atoms with Gasteiger partial charge in [-0.15, -0.1) is 0 Å². The molecule has 0 radical (unpaired) electrons. The molecule has 8 heteroatoms. The quantitative estimate of drug-likeness (QED) is 0.414. The van der Waals surface area contributed by atoms with Gasteiger partial charge in [0.2, 0.25) is 5.95 Å². The van der Waals surface area contributed by atoms with Crippen LogP contribution in [0.4, 0.5) is 5.95 Å². The molecular formula is C24H20N6O2. The second-order valence-electron chi connectivity index (χ2n) is 7.15. The van der Waals surface area contributed by atoms with Gasteiger partial charge in [-0.1, -0.05) is 36.4 Å². The number of hydrogen-bond acceptors (Lipinski definition) is 6. The molecule has 0 fully saturated rings. The molecule has 0 unspecified atom stereocenters. The highest BCUT2D eigenvalue weighted by molar-refractivity contribution is 5.76. The topological polar surface area (TPSA) is 97.7 Å². The van der Waals surface area contributed by atoms with Crippen LogP contribution < -0.4 is 15.6 Å². The van der Waals surface area contributed by atoms with E-state index >= 15 is 0 Å². The molecule has 8 nitrogen and oxygen atoms in total. The molecule has 0 atom stereocenters. The minimum atomic E-state index is -0.238. The highest BCUT2D eigenvalue weighted by Gasteiger charge is 2.11. The maximum absolute atomic E-state index is 12.5. The van der Waals surface area contributed by atoms with Crippen LogP contribution in [-0.4, -0.2) is 24.7 Å². The Morgan fingerprint density at radius 2 is 1.78 bits per heavy atom. The molecule has 2 aromatic carbocycles. The van der Waals surface area contributed by atoms with Gasteiger partial charge in [-0.05, 0) is 42.0 Å². The molecule has 0 spiro atoms. The molecule has 3 aromatic heterocycles. The lowest BCUT2D eigenvalue weighted by Gasteiger charge is -2.09. The summed E-state index contributed by atoms with van der Waals surface area (Å²) >= 11 is 0. The Morgan fingerprint density at radius 3 is 2.56 bits per heavy atom. The van der Waals surface area contributed by atoms with Crippen molar-refractivity contribution in [2.75, 3.05) is 5.32 Å². The summed E-state index contributed by atoms with van der Waals surface area (Å²) in [6.07, 6.45) is 3.28. The van der Waals surface area contributed by atoms with E-state index in [2.05, 4.69) is 25.4 Å². The molecule has 5 rings (SSSR count). The van der Waals surface area contributed by atoms with Crippen molar-refractivity contribution < 1.29 is 4.74 Å². The van der Waals surface area contributed by atoms with Crippen LogP contribution in [0.1, 0.15) is 11.3 Å². The molecule has 0 amide bonds. The van der Waals surface area contributed by atoms with Gasteiger partial charge < -0.3 is 10.1 Å².